The van der Waals surface area contributed by atoms with Gasteiger partial charge in [-0.1, -0.05) is 20.8 Å². The minimum atomic E-state index is 0.343. The Hall–Kier alpha value is -0.880. The van der Waals surface area contributed by atoms with E-state index < -0.39 is 0 Å². The van der Waals surface area contributed by atoms with Crippen LogP contribution in [-0.2, 0) is 0 Å². The van der Waals surface area contributed by atoms with Gasteiger partial charge in [-0.15, -0.1) is 0 Å². The highest BCUT2D eigenvalue weighted by Gasteiger charge is 2.17. The second-order valence-corrected chi connectivity index (χ2v) is 6.36. The van der Waals surface area contributed by atoms with E-state index in [0.717, 1.165) is 35.6 Å². The van der Waals surface area contributed by atoms with Crippen molar-refractivity contribution in [3.05, 3.63) is 10.8 Å². The summed E-state index contributed by atoms with van der Waals surface area (Å²) in [6.07, 6.45) is 2.66. The van der Waals surface area contributed by atoms with E-state index in [1.54, 1.807) is 6.33 Å². The highest BCUT2D eigenvalue weighted by molar-refractivity contribution is 9.10. The predicted molar refractivity (Wildman–Crippen MR) is 89.3 cm³/mol. The Labute approximate surface area is 130 Å². The van der Waals surface area contributed by atoms with Crippen molar-refractivity contribution in [2.45, 2.75) is 33.2 Å². The lowest BCUT2D eigenvalue weighted by Crippen LogP contribution is -2.36. The van der Waals surface area contributed by atoms with Crippen molar-refractivity contribution in [2.75, 3.05) is 37.8 Å². The smallest absolute Gasteiger partial charge is 0.146 e. The summed E-state index contributed by atoms with van der Waals surface area (Å²) in [6, 6.07) is 0.343. The number of likely N-dealkylation sites (N-methyl/N-ethyl adjacent to an activating group) is 1. The molecule has 0 aliphatic carbocycles. The van der Waals surface area contributed by atoms with Gasteiger partial charge in [0.05, 0.1) is 0 Å². The monoisotopic (exact) mass is 343 g/mol. The van der Waals surface area contributed by atoms with Gasteiger partial charge < -0.3 is 15.5 Å². The molecule has 114 valence electrons. The van der Waals surface area contributed by atoms with Crippen LogP contribution in [0.1, 0.15) is 27.2 Å². The van der Waals surface area contributed by atoms with E-state index in [2.05, 4.69) is 76.3 Å². The number of hydrogen-bond acceptors (Lipinski definition) is 5. The lowest BCUT2D eigenvalue weighted by Gasteiger charge is -2.26. The van der Waals surface area contributed by atoms with Crippen molar-refractivity contribution in [1.29, 1.82) is 0 Å². The van der Waals surface area contributed by atoms with E-state index in [-0.39, 0.29) is 0 Å². The van der Waals surface area contributed by atoms with Gasteiger partial charge in [-0.3, -0.25) is 0 Å². The molecule has 20 heavy (non-hydrogen) atoms. The minimum absolute atomic E-state index is 0.343. The molecule has 0 aromatic carbocycles. The zero-order valence-electron chi connectivity index (χ0n) is 13.1. The maximum absolute atomic E-state index is 4.35. The molecule has 5 nitrogen and oxygen atoms in total. The lowest BCUT2D eigenvalue weighted by atomic mass is 10.0. The fourth-order valence-electron chi connectivity index (χ4n) is 1.83. The van der Waals surface area contributed by atoms with Crippen LogP contribution in [0.5, 0.6) is 0 Å². The minimum Gasteiger partial charge on any atom is -0.369 e. The predicted octanol–water partition coefficient (Wildman–Crippen LogP) is 3.06. The number of nitrogens with one attached hydrogen (secondary N) is 2. The van der Waals surface area contributed by atoms with Crippen LogP contribution in [0.15, 0.2) is 10.8 Å². The van der Waals surface area contributed by atoms with Crippen LogP contribution < -0.4 is 10.6 Å². The van der Waals surface area contributed by atoms with E-state index in [1.165, 1.54) is 0 Å². The van der Waals surface area contributed by atoms with E-state index in [0.29, 0.717) is 12.0 Å². The molecular weight excluding hydrogens is 318 g/mol. The van der Waals surface area contributed by atoms with Crippen LogP contribution in [-0.4, -0.2) is 48.1 Å². The largest absolute Gasteiger partial charge is 0.369 e. The first-order valence-electron chi connectivity index (χ1n) is 7.11. The molecule has 6 heteroatoms. The summed E-state index contributed by atoms with van der Waals surface area (Å²) in [5, 5.41) is 6.81. The molecule has 0 spiro atoms. The first kappa shape index (κ1) is 17.2. The van der Waals surface area contributed by atoms with Crippen LogP contribution in [0.4, 0.5) is 11.6 Å². The van der Waals surface area contributed by atoms with Crippen molar-refractivity contribution < 1.29 is 0 Å². The maximum atomic E-state index is 4.35. The van der Waals surface area contributed by atoms with E-state index in [4.69, 9.17) is 0 Å². The summed E-state index contributed by atoms with van der Waals surface area (Å²) in [4.78, 5) is 10.8. The molecule has 1 aromatic rings. The van der Waals surface area contributed by atoms with Gasteiger partial charge in [0, 0.05) is 19.1 Å². The molecule has 0 radical (unpaired) electrons. The van der Waals surface area contributed by atoms with Gasteiger partial charge in [-0.2, -0.15) is 0 Å². The number of halogens is 1. The van der Waals surface area contributed by atoms with Crippen molar-refractivity contribution in [1.82, 2.24) is 14.9 Å². The topological polar surface area (TPSA) is 53.1 Å². The summed E-state index contributed by atoms with van der Waals surface area (Å²) in [7, 11) is 4.17. The summed E-state index contributed by atoms with van der Waals surface area (Å²) in [6.45, 7) is 8.43. The number of rotatable bonds is 8. The SMILES string of the molecule is CCCNc1ncnc(NC(CN(C)C)C(C)C)c1Br. The molecule has 0 aliphatic heterocycles. The number of hydrogen-bond donors (Lipinski definition) is 2. The molecule has 0 saturated heterocycles. The molecule has 0 bridgehead atoms. The third kappa shape index (κ3) is 5.25. The van der Waals surface area contributed by atoms with Crippen LogP contribution in [0.2, 0.25) is 0 Å². The Bertz CT molecular complexity index is 409. The Morgan fingerprint density at radius 2 is 1.90 bits per heavy atom. The van der Waals surface area contributed by atoms with Gasteiger partial charge >= 0.3 is 0 Å². The fraction of sp³-hybridized carbons (Fsp3) is 0.714. The fourth-order valence-corrected chi connectivity index (χ4v) is 2.29. The molecule has 0 fully saturated rings. The summed E-state index contributed by atoms with van der Waals surface area (Å²) < 4.78 is 0.901. The standard InChI is InChI=1S/C14H26BrN5/c1-6-7-16-13-12(15)14(18-9-17-13)19-11(10(2)3)8-20(4)5/h9-11H,6-8H2,1-5H3,(H2,16,17,18,19). The van der Waals surface area contributed by atoms with Gasteiger partial charge in [-0.05, 0) is 42.4 Å². The molecule has 2 N–H and O–H groups in total. The molecule has 1 rings (SSSR count). The summed E-state index contributed by atoms with van der Waals surface area (Å²) in [5.41, 5.74) is 0. The zero-order chi connectivity index (χ0) is 15.1. The third-order valence-electron chi connectivity index (χ3n) is 3.02. The molecule has 0 amide bonds. The van der Waals surface area contributed by atoms with Crippen LogP contribution in [0, 0.1) is 5.92 Å². The Morgan fingerprint density at radius 3 is 2.45 bits per heavy atom. The van der Waals surface area contributed by atoms with Gasteiger partial charge in [0.2, 0.25) is 0 Å². The van der Waals surface area contributed by atoms with E-state index in [1.807, 2.05) is 0 Å². The van der Waals surface area contributed by atoms with Gasteiger partial charge in [0.15, 0.2) is 0 Å². The highest BCUT2D eigenvalue weighted by Crippen LogP contribution is 2.27. The van der Waals surface area contributed by atoms with Crippen LogP contribution in [0.3, 0.4) is 0 Å². The number of aromatic nitrogens is 2. The number of nitrogens with zero attached hydrogens (tertiary/aromatic N) is 3. The Balaban J connectivity index is 2.84. The zero-order valence-corrected chi connectivity index (χ0v) is 14.7. The van der Waals surface area contributed by atoms with Crippen molar-refractivity contribution in [3.8, 4) is 0 Å². The molecule has 1 atom stereocenters. The van der Waals surface area contributed by atoms with Gasteiger partial charge in [0.25, 0.3) is 0 Å². The Kier molecular flexibility index (Phi) is 7.23. The van der Waals surface area contributed by atoms with Gasteiger partial charge in [-0.25, -0.2) is 9.97 Å². The molecule has 1 aromatic heterocycles. The first-order valence-corrected chi connectivity index (χ1v) is 7.90. The number of anilines is 2. The molecule has 1 heterocycles. The summed E-state index contributed by atoms with van der Waals surface area (Å²) >= 11 is 3.59. The third-order valence-corrected chi connectivity index (χ3v) is 3.77. The normalized spacial score (nSPS) is 12.8. The van der Waals surface area contributed by atoms with Crippen molar-refractivity contribution in [2.24, 2.45) is 5.92 Å². The quantitative estimate of drug-likeness (QED) is 0.759. The average Bonchev–Trinajstić information content (AvgIpc) is 2.38. The highest BCUT2D eigenvalue weighted by atomic mass is 79.9. The van der Waals surface area contributed by atoms with E-state index in [9.17, 15) is 0 Å². The van der Waals surface area contributed by atoms with Crippen LogP contribution in [0.25, 0.3) is 0 Å². The maximum Gasteiger partial charge on any atom is 0.146 e. The summed E-state index contributed by atoms with van der Waals surface area (Å²) in [5.74, 6) is 2.21. The Morgan fingerprint density at radius 1 is 1.25 bits per heavy atom. The second kappa shape index (κ2) is 8.42. The lowest BCUT2D eigenvalue weighted by molar-refractivity contribution is 0.344. The molecule has 0 saturated carbocycles. The van der Waals surface area contributed by atoms with Crippen molar-refractivity contribution >= 4 is 27.6 Å². The molecule has 1 unspecified atom stereocenters. The van der Waals surface area contributed by atoms with Crippen molar-refractivity contribution in [3.63, 3.8) is 0 Å². The van der Waals surface area contributed by atoms with Crippen LogP contribution >= 0.6 is 15.9 Å². The molecular formula is C14H26BrN5. The van der Waals surface area contributed by atoms with Gasteiger partial charge in [0.1, 0.15) is 22.4 Å². The first-order chi connectivity index (χ1) is 9.45. The molecule has 0 aliphatic rings. The average molecular weight is 344 g/mol. The van der Waals surface area contributed by atoms with E-state index >= 15 is 0 Å². The second-order valence-electron chi connectivity index (χ2n) is 5.57.